The molecule has 4 aliphatic rings. The number of nitrogens with zero attached hydrogens (tertiary/aromatic N) is 6. The maximum atomic E-state index is 14.0. The average Bonchev–Trinajstić information content (AvgIpc) is 3.78. The van der Waals surface area contributed by atoms with Gasteiger partial charge in [0, 0.05) is 94.0 Å². The Morgan fingerprint density at radius 3 is 2.55 bits per heavy atom. The number of nitrogens with one attached hydrogen (secondary N) is 3. The van der Waals surface area contributed by atoms with Gasteiger partial charge in [-0.05, 0) is 97.7 Å². The van der Waals surface area contributed by atoms with Gasteiger partial charge >= 0.3 is 5.69 Å². The third kappa shape index (κ3) is 9.55. The summed E-state index contributed by atoms with van der Waals surface area (Å²) in [6, 6.07) is 19.7. The summed E-state index contributed by atoms with van der Waals surface area (Å²) in [5, 5.41) is 15.9. The number of anilines is 2. The molecule has 2 aromatic carbocycles. The molecule has 1 saturated carbocycles. The molecule has 0 unspecified atom stereocenters. The number of piperazine rings is 1. The van der Waals surface area contributed by atoms with Crippen molar-refractivity contribution in [3.63, 3.8) is 0 Å². The fraction of sp³-hybridized carbons (Fsp3) is 0.479. The monoisotopic (exact) mass is 905 g/mol. The first-order valence-corrected chi connectivity index (χ1v) is 24.5. The standard InChI is InChI=1S/C48H59N9O7S/c1-4-54-19-20-56(43(31-54)40-8-6-5-7-39(40)32(2)3)36-26-48(27-36)14-17-55(18-15-48)35-9-10-41(44(24-35)64-37-23-34-11-16-49-45(34)51-29-37)47(58)53-65(61,62)38-25-42(57(59)60)46(52-30-38)50-28-33-12-21-63-22-13-33/h5-11,16,23-25,29-30,32-33,36,43H,4,12-15,17-22,26-28,31H2,1-3H3,(H,49,51)(H,50,52)(H,53,58)/t43-/m0/s1. The molecule has 3 aromatic heterocycles. The van der Waals surface area contributed by atoms with Crippen molar-refractivity contribution in [3.8, 4) is 11.5 Å². The van der Waals surface area contributed by atoms with Crippen molar-refractivity contribution in [1.29, 1.82) is 0 Å². The minimum absolute atomic E-state index is 0.0317. The summed E-state index contributed by atoms with van der Waals surface area (Å²) in [5.41, 5.74) is 4.17. The van der Waals surface area contributed by atoms with Gasteiger partial charge in [0.2, 0.25) is 5.82 Å². The fourth-order valence-electron chi connectivity index (χ4n) is 10.4. The third-order valence-electron chi connectivity index (χ3n) is 14.2. The smallest absolute Gasteiger partial charge is 0.312 e. The van der Waals surface area contributed by atoms with Crippen molar-refractivity contribution in [2.75, 3.05) is 69.2 Å². The molecule has 3 aliphatic heterocycles. The molecule has 5 aromatic rings. The molecule has 4 fully saturated rings. The number of piperidine rings is 1. The Morgan fingerprint density at radius 2 is 1.80 bits per heavy atom. The van der Waals surface area contributed by atoms with E-state index in [2.05, 4.69) is 84.7 Å². The van der Waals surface area contributed by atoms with Crippen molar-refractivity contribution in [1.82, 2.24) is 29.5 Å². The van der Waals surface area contributed by atoms with Gasteiger partial charge in [0.05, 0.1) is 22.9 Å². The highest BCUT2D eigenvalue weighted by Gasteiger charge is 2.50. The van der Waals surface area contributed by atoms with Crippen LogP contribution in [0, 0.1) is 21.4 Å². The van der Waals surface area contributed by atoms with E-state index in [9.17, 15) is 23.3 Å². The van der Waals surface area contributed by atoms with Gasteiger partial charge in [-0.15, -0.1) is 0 Å². The van der Waals surface area contributed by atoms with Crippen LogP contribution in [0.2, 0.25) is 0 Å². The highest BCUT2D eigenvalue weighted by atomic mass is 32.2. The number of H-pyrrole nitrogens is 1. The Morgan fingerprint density at radius 1 is 1.02 bits per heavy atom. The van der Waals surface area contributed by atoms with Crippen LogP contribution < -0.4 is 19.7 Å². The van der Waals surface area contributed by atoms with Crippen LogP contribution in [0.3, 0.4) is 0 Å². The van der Waals surface area contributed by atoms with E-state index < -0.39 is 31.4 Å². The third-order valence-corrected chi connectivity index (χ3v) is 15.5. The second-order valence-electron chi connectivity index (χ2n) is 18.5. The van der Waals surface area contributed by atoms with Crippen LogP contribution in [0.1, 0.15) is 92.7 Å². The lowest BCUT2D eigenvalue weighted by atomic mass is 9.59. The Bertz CT molecular complexity index is 2630. The molecule has 1 atom stereocenters. The number of carbonyl (C=O) groups excluding carboxylic acids is 1. The number of aromatic nitrogens is 3. The van der Waals surface area contributed by atoms with Crippen LogP contribution in [0.5, 0.6) is 11.5 Å². The van der Waals surface area contributed by atoms with Crippen molar-refractivity contribution in [3.05, 3.63) is 106 Å². The predicted molar refractivity (Wildman–Crippen MR) is 249 cm³/mol. The molecule has 1 spiro atoms. The van der Waals surface area contributed by atoms with Crippen molar-refractivity contribution >= 4 is 44.2 Å². The number of carbonyl (C=O) groups is 1. The number of nitro groups is 1. The van der Waals surface area contributed by atoms with Gasteiger partial charge in [-0.25, -0.2) is 23.1 Å². The predicted octanol–water partition coefficient (Wildman–Crippen LogP) is 7.87. The summed E-state index contributed by atoms with van der Waals surface area (Å²) in [6.07, 6.45) is 10.4. The van der Waals surface area contributed by atoms with E-state index in [0.29, 0.717) is 49.2 Å². The van der Waals surface area contributed by atoms with Gasteiger partial charge in [0.15, 0.2) is 0 Å². The minimum atomic E-state index is -4.61. The Kier molecular flexibility index (Phi) is 12.8. The molecule has 0 radical (unpaired) electrons. The van der Waals surface area contributed by atoms with Gasteiger partial charge in [-0.1, -0.05) is 45.0 Å². The van der Waals surface area contributed by atoms with E-state index in [1.807, 2.05) is 12.1 Å². The lowest BCUT2D eigenvalue weighted by Gasteiger charge is -2.58. The highest BCUT2D eigenvalue weighted by Crippen LogP contribution is 2.53. The van der Waals surface area contributed by atoms with Gasteiger partial charge in [-0.2, -0.15) is 0 Å². The van der Waals surface area contributed by atoms with Crippen LogP contribution in [0.15, 0.2) is 84.1 Å². The van der Waals surface area contributed by atoms with Crippen LogP contribution in [0.25, 0.3) is 11.0 Å². The van der Waals surface area contributed by atoms with E-state index in [-0.39, 0.29) is 28.5 Å². The number of hydrogen-bond acceptors (Lipinski definition) is 13. The lowest BCUT2D eigenvalue weighted by Crippen LogP contribution is -2.60. The zero-order chi connectivity index (χ0) is 45.3. The van der Waals surface area contributed by atoms with Gasteiger partial charge < -0.3 is 29.6 Å². The summed E-state index contributed by atoms with van der Waals surface area (Å²) in [5.74, 6) is 0.204. The van der Waals surface area contributed by atoms with E-state index in [0.717, 1.165) is 88.3 Å². The quantitative estimate of drug-likeness (QED) is 0.0722. The summed E-state index contributed by atoms with van der Waals surface area (Å²) >= 11 is 0. The molecule has 1 amide bonds. The van der Waals surface area contributed by atoms with Crippen LogP contribution in [-0.4, -0.2) is 109 Å². The van der Waals surface area contributed by atoms with Crippen molar-refractivity contribution in [2.45, 2.75) is 82.2 Å². The molecule has 16 nitrogen and oxygen atoms in total. The second-order valence-corrected chi connectivity index (χ2v) is 20.2. The number of benzene rings is 2. The molecular weight excluding hydrogens is 847 g/mol. The highest BCUT2D eigenvalue weighted by molar-refractivity contribution is 7.90. The molecule has 3 N–H and O–H groups in total. The molecular formula is C48H59N9O7S. The van der Waals surface area contributed by atoms with E-state index in [1.54, 1.807) is 24.4 Å². The summed E-state index contributed by atoms with van der Waals surface area (Å²) < 4.78 is 41.2. The van der Waals surface area contributed by atoms with Crippen molar-refractivity contribution < 1.29 is 27.6 Å². The largest absolute Gasteiger partial charge is 0.455 e. The average molecular weight is 906 g/mol. The number of likely N-dealkylation sites (N-methyl/N-ethyl adjacent to an activating group) is 1. The van der Waals surface area contributed by atoms with Gasteiger partial charge in [0.25, 0.3) is 15.9 Å². The Hall–Kier alpha value is -5.62. The first kappa shape index (κ1) is 44.6. The van der Waals surface area contributed by atoms with Crippen molar-refractivity contribution in [2.24, 2.45) is 11.3 Å². The number of hydrogen-bond donors (Lipinski definition) is 3. The fourth-order valence-corrected chi connectivity index (χ4v) is 11.3. The summed E-state index contributed by atoms with van der Waals surface area (Å²) in [6.45, 7) is 14.4. The number of rotatable bonds is 14. The Balaban J connectivity index is 0.907. The number of sulfonamides is 1. The van der Waals surface area contributed by atoms with Crippen LogP contribution >= 0.6 is 0 Å². The molecule has 6 heterocycles. The molecule has 1 aliphatic carbocycles. The maximum Gasteiger partial charge on any atom is 0.312 e. The van der Waals surface area contributed by atoms with Gasteiger partial charge in [0.1, 0.15) is 22.0 Å². The zero-order valence-corrected chi connectivity index (χ0v) is 38.2. The Labute approximate surface area is 380 Å². The summed E-state index contributed by atoms with van der Waals surface area (Å²) in [4.78, 5) is 44.1. The van der Waals surface area contributed by atoms with Crippen LogP contribution in [-0.2, 0) is 14.8 Å². The summed E-state index contributed by atoms with van der Waals surface area (Å²) in [7, 11) is -4.61. The molecule has 3 saturated heterocycles. The molecule has 344 valence electrons. The first-order chi connectivity index (χ1) is 31.4. The second kappa shape index (κ2) is 18.7. The minimum Gasteiger partial charge on any atom is -0.455 e. The zero-order valence-electron chi connectivity index (χ0n) is 37.4. The number of amides is 1. The maximum absolute atomic E-state index is 14.0. The number of pyridine rings is 2. The molecule has 0 bridgehead atoms. The first-order valence-electron chi connectivity index (χ1n) is 23.0. The SMILES string of the molecule is CCN1CCN(C2CC3(CCN(c4ccc(C(=O)NS(=O)(=O)c5cnc(NCC6CCOCC6)c([N+](=O)[O-])c5)c(Oc5cnc6[nH]ccc6c5)c4)CC3)C2)[C@H](c2ccccc2C(C)C)C1. The van der Waals surface area contributed by atoms with Gasteiger partial charge in [-0.3, -0.25) is 19.8 Å². The lowest BCUT2D eigenvalue weighted by molar-refractivity contribution is -0.384. The van der Waals surface area contributed by atoms with E-state index >= 15 is 0 Å². The molecule has 65 heavy (non-hydrogen) atoms. The number of ether oxygens (including phenoxy) is 2. The van der Waals surface area contributed by atoms with Crippen LogP contribution in [0.4, 0.5) is 17.2 Å². The topological polar surface area (TPSA) is 188 Å². The van der Waals surface area contributed by atoms with E-state index in [4.69, 9.17) is 9.47 Å². The molecule has 17 heteroatoms. The van der Waals surface area contributed by atoms with E-state index in [1.165, 1.54) is 30.2 Å². The number of aromatic amines is 1. The number of fused-ring (bicyclic) bond motifs is 1. The molecule has 9 rings (SSSR count). The normalized spacial score (nSPS) is 19.9.